The molecule has 1 aliphatic carbocycles. The molecule has 0 saturated heterocycles. The lowest BCUT2D eigenvalue weighted by atomic mass is 9.87. The topological polar surface area (TPSA) is 129 Å². The van der Waals surface area contributed by atoms with Crippen LogP contribution in [0, 0.1) is 12.8 Å². The largest absolute Gasteiger partial charge is 0.489 e. The zero-order valence-electron chi connectivity index (χ0n) is 21.5. The van der Waals surface area contributed by atoms with Crippen molar-refractivity contribution in [2.45, 2.75) is 77.2 Å². The number of ether oxygens (including phenoxy) is 2. The molecule has 1 N–H and O–H groups in total. The van der Waals surface area contributed by atoms with Gasteiger partial charge in [-0.05, 0) is 51.7 Å². The molecule has 0 radical (unpaired) electrons. The molecule has 2 aromatic rings. The van der Waals surface area contributed by atoms with Crippen LogP contribution in [0.2, 0.25) is 0 Å². The summed E-state index contributed by atoms with van der Waals surface area (Å²) in [6.07, 6.45) is 1.85. The summed E-state index contributed by atoms with van der Waals surface area (Å²) >= 11 is 0. The fourth-order valence-electron chi connectivity index (χ4n) is 4.39. The number of hydrogen-bond acceptors (Lipinski definition) is 9. The molecule has 12 heteroatoms. The van der Waals surface area contributed by atoms with Gasteiger partial charge in [0.05, 0.1) is 41.9 Å². The number of ketones is 1. The first-order chi connectivity index (χ1) is 17.5. The SMILES string of the molecule is COC(=O)[C@H]1CCC[C@H](Oc2ccc(-c3nnn(C)c3C/C(CC(=O)CCC(C)(F)F)=N/O)nc2C)C1. The molecular formula is C25H33F2N5O5. The molecule has 3 rings (SSSR count). The number of nitrogens with zero attached hydrogens (tertiary/aromatic N) is 5. The van der Waals surface area contributed by atoms with Gasteiger partial charge < -0.3 is 14.7 Å². The predicted molar refractivity (Wildman–Crippen MR) is 130 cm³/mol. The summed E-state index contributed by atoms with van der Waals surface area (Å²) in [4.78, 5) is 28.7. The van der Waals surface area contributed by atoms with Crippen LogP contribution in [0.15, 0.2) is 17.3 Å². The van der Waals surface area contributed by atoms with E-state index < -0.39 is 18.1 Å². The fourth-order valence-corrected chi connectivity index (χ4v) is 4.39. The van der Waals surface area contributed by atoms with Gasteiger partial charge in [-0.3, -0.25) is 14.3 Å². The van der Waals surface area contributed by atoms with E-state index in [2.05, 4.69) is 20.5 Å². The molecule has 2 atom stereocenters. The van der Waals surface area contributed by atoms with E-state index in [4.69, 9.17) is 9.47 Å². The third-order valence-corrected chi connectivity index (χ3v) is 6.43. The Morgan fingerprint density at radius 1 is 1.30 bits per heavy atom. The van der Waals surface area contributed by atoms with E-state index in [0.29, 0.717) is 34.9 Å². The number of aromatic nitrogens is 4. The number of rotatable bonds is 11. The highest BCUT2D eigenvalue weighted by Gasteiger charge is 2.29. The zero-order valence-corrected chi connectivity index (χ0v) is 21.5. The van der Waals surface area contributed by atoms with Crippen molar-refractivity contribution >= 4 is 17.5 Å². The van der Waals surface area contributed by atoms with Crippen LogP contribution in [-0.2, 0) is 27.8 Å². The van der Waals surface area contributed by atoms with Gasteiger partial charge in [-0.25, -0.2) is 13.8 Å². The van der Waals surface area contributed by atoms with Crippen molar-refractivity contribution in [3.8, 4) is 17.1 Å². The number of oxime groups is 1. The van der Waals surface area contributed by atoms with E-state index in [9.17, 15) is 23.6 Å². The van der Waals surface area contributed by atoms with Crippen molar-refractivity contribution in [1.82, 2.24) is 20.0 Å². The minimum Gasteiger partial charge on any atom is -0.489 e. The van der Waals surface area contributed by atoms with E-state index in [1.165, 1.54) is 11.8 Å². The highest BCUT2D eigenvalue weighted by atomic mass is 19.3. The Morgan fingerprint density at radius 3 is 2.70 bits per heavy atom. The summed E-state index contributed by atoms with van der Waals surface area (Å²) < 4.78 is 38.7. The molecule has 1 saturated carbocycles. The first-order valence-corrected chi connectivity index (χ1v) is 12.2. The molecule has 0 spiro atoms. The zero-order chi connectivity index (χ0) is 27.2. The molecule has 37 heavy (non-hydrogen) atoms. The van der Waals surface area contributed by atoms with Crippen LogP contribution in [0.1, 0.15) is 63.3 Å². The highest BCUT2D eigenvalue weighted by Crippen LogP contribution is 2.31. The van der Waals surface area contributed by atoms with Gasteiger partial charge in [-0.2, -0.15) is 0 Å². The minimum absolute atomic E-state index is 0.0412. The van der Waals surface area contributed by atoms with E-state index >= 15 is 0 Å². The standard InChI is InChI=1S/C25H33F2N5O5/c1-15-22(37-19-7-5-6-16(12-19)24(34)36-4)9-8-20(28-15)23-21(32(3)31-29-23)14-17(30-35)13-18(33)10-11-25(2,26)27/h8-9,16,19,35H,5-7,10-14H2,1-4H3/b30-17+/t16-,19-/m0/s1. The van der Waals surface area contributed by atoms with E-state index in [1.54, 1.807) is 26.1 Å². The molecule has 1 fully saturated rings. The second-order valence-electron chi connectivity index (χ2n) is 9.54. The number of carbonyl (C=O) groups is 2. The Hall–Kier alpha value is -3.44. The number of hydrogen-bond donors (Lipinski definition) is 1. The van der Waals surface area contributed by atoms with Crippen LogP contribution in [0.5, 0.6) is 5.75 Å². The smallest absolute Gasteiger partial charge is 0.308 e. The second kappa shape index (κ2) is 12.2. The van der Waals surface area contributed by atoms with Crippen molar-refractivity contribution in [2.24, 2.45) is 18.1 Å². The summed E-state index contributed by atoms with van der Waals surface area (Å²) in [6.45, 7) is 2.56. The maximum absolute atomic E-state index is 13.1. The average molecular weight is 522 g/mol. The molecule has 202 valence electrons. The maximum Gasteiger partial charge on any atom is 0.308 e. The van der Waals surface area contributed by atoms with Gasteiger partial charge in [0.1, 0.15) is 17.2 Å². The Morgan fingerprint density at radius 2 is 2.05 bits per heavy atom. The number of Topliss-reactive ketones (excluding diaryl/α,β-unsaturated/α-hetero) is 1. The molecule has 10 nitrogen and oxygen atoms in total. The molecule has 0 unspecified atom stereocenters. The molecule has 1 aliphatic rings. The molecule has 0 bridgehead atoms. The Labute approximate surface area is 214 Å². The predicted octanol–water partition coefficient (Wildman–Crippen LogP) is 4.06. The molecular weight excluding hydrogens is 488 g/mol. The summed E-state index contributed by atoms with van der Waals surface area (Å²) in [5, 5.41) is 20.9. The van der Waals surface area contributed by atoms with Gasteiger partial charge in [0.15, 0.2) is 0 Å². The number of esters is 1. The summed E-state index contributed by atoms with van der Waals surface area (Å²) in [5.41, 5.74) is 2.24. The summed E-state index contributed by atoms with van der Waals surface area (Å²) in [5.74, 6) is -3.18. The Balaban J connectivity index is 1.71. The molecule has 0 amide bonds. The van der Waals surface area contributed by atoms with Crippen LogP contribution in [0.4, 0.5) is 8.78 Å². The summed E-state index contributed by atoms with van der Waals surface area (Å²) in [7, 11) is 3.05. The number of aryl methyl sites for hydroxylation is 2. The van der Waals surface area contributed by atoms with Gasteiger partial charge in [0.2, 0.25) is 5.92 Å². The number of alkyl halides is 2. The van der Waals surface area contributed by atoms with Crippen molar-refractivity contribution in [1.29, 1.82) is 0 Å². The van der Waals surface area contributed by atoms with Crippen LogP contribution in [0.3, 0.4) is 0 Å². The minimum atomic E-state index is -2.94. The van der Waals surface area contributed by atoms with Gasteiger partial charge >= 0.3 is 5.97 Å². The number of halogens is 2. The lowest BCUT2D eigenvalue weighted by molar-refractivity contribution is -0.147. The third-order valence-electron chi connectivity index (χ3n) is 6.43. The lowest BCUT2D eigenvalue weighted by Crippen LogP contribution is -2.30. The van der Waals surface area contributed by atoms with Crippen molar-refractivity contribution < 1.29 is 33.1 Å². The van der Waals surface area contributed by atoms with Gasteiger partial charge in [0.25, 0.3) is 0 Å². The van der Waals surface area contributed by atoms with E-state index in [1.807, 2.05) is 0 Å². The molecule has 0 aromatic carbocycles. The van der Waals surface area contributed by atoms with Gasteiger partial charge in [-0.15, -0.1) is 5.10 Å². The molecule has 2 heterocycles. The van der Waals surface area contributed by atoms with Crippen LogP contribution in [0.25, 0.3) is 11.4 Å². The normalized spacial score (nSPS) is 18.5. The number of carbonyl (C=O) groups excluding carboxylic acids is 2. The number of methoxy groups -OCH3 is 1. The first-order valence-electron chi connectivity index (χ1n) is 12.2. The third kappa shape index (κ3) is 7.77. The quantitative estimate of drug-likeness (QED) is 0.203. The van der Waals surface area contributed by atoms with Crippen LogP contribution in [-0.4, -0.2) is 61.8 Å². The molecule has 2 aromatic heterocycles. The van der Waals surface area contributed by atoms with E-state index in [-0.39, 0.29) is 43.0 Å². The van der Waals surface area contributed by atoms with Crippen LogP contribution < -0.4 is 4.74 Å². The van der Waals surface area contributed by atoms with Crippen molar-refractivity contribution in [3.63, 3.8) is 0 Å². The fraction of sp³-hybridized carbons (Fsp3) is 0.600. The highest BCUT2D eigenvalue weighted by molar-refractivity contribution is 6.02. The number of pyridine rings is 1. The van der Waals surface area contributed by atoms with E-state index in [0.717, 1.165) is 26.2 Å². The Bertz CT molecular complexity index is 1140. The van der Waals surface area contributed by atoms with Gasteiger partial charge in [0, 0.05) is 32.7 Å². The maximum atomic E-state index is 13.1. The first kappa shape index (κ1) is 28.1. The molecule has 0 aliphatic heterocycles. The van der Waals surface area contributed by atoms with Gasteiger partial charge in [-0.1, -0.05) is 10.4 Å². The Kier molecular flexibility index (Phi) is 9.28. The lowest BCUT2D eigenvalue weighted by Gasteiger charge is -2.28. The van der Waals surface area contributed by atoms with Crippen LogP contribution >= 0.6 is 0 Å². The second-order valence-corrected chi connectivity index (χ2v) is 9.54. The van der Waals surface area contributed by atoms with Crippen molar-refractivity contribution in [3.05, 3.63) is 23.5 Å². The van der Waals surface area contributed by atoms with Crippen molar-refractivity contribution in [2.75, 3.05) is 7.11 Å². The summed E-state index contributed by atoms with van der Waals surface area (Å²) in [6, 6.07) is 3.52. The average Bonchev–Trinajstić information content (AvgIpc) is 3.22. The monoisotopic (exact) mass is 521 g/mol.